The van der Waals surface area contributed by atoms with Crippen LogP contribution in [0.2, 0.25) is 0 Å². The molecule has 0 aliphatic rings. The van der Waals surface area contributed by atoms with Crippen molar-refractivity contribution in [3.8, 4) is 5.75 Å². The summed E-state index contributed by atoms with van der Waals surface area (Å²) in [4.78, 5) is 0. The van der Waals surface area contributed by atoms with Gasteiger partial charge >= 0.3 is 0 Å². The lowest BCUT2D eigenvalue weighted by Gasteiger charge is -2.12. The molecule has 3 heteroatoms. The van der Waals surface area contributed by atoms with E-state index < -0.39 is 0 Å². The van der Waals surface area contributed by atoms with E-state index in [2.05, 4.69) is 32.0 Å². The van der Waals surface area contributed by atoms with E-state index in [1.54, 1.807) is 7.11 Å². The number of nitrogens with two attached hydrogens (primary N) is 1. The minimum atomic E-state index is 0. The van der Waals surface area contributed by atoms with Gasteiger partial charge < -0.3 is 10.5 Å². The second-order valence-corrected chi connectivity index (χ2v) is 4.27. The van der Waals surface area contributed by atoms with Gasteiger partial charge in [-0.15, -0.1) is 12.4 Å². The summed E-state index contributed by atoms with van der Waals surface area (Å²) in [7, 11) is 1.73. The van der Waals surface area contributed by atoms with Gasteiger partial charge in [-0.1, -0.05) is 32.4 Å². The molecule has 0 aromatic heterocycles. The van der Waals surface area contributed by atoms with E-state index in [1.807, 2.05) is 0 Å². The van der Waals surface area contributed by atoms with Gasteiger partial charge in [0, 0.05) is 6.04 Å². The predicted molar refractivity (Wildman–Crippen MR) is 76.2 cm³/mol. The van der Waals surface area contributed by atoms with Gasteiger partial charge in [-0.3, -0.25) is 0 Å². The Morgan fingerprint density at radius 2 is 2.00 bits per heavy atom. The molecule has 2 nitrogen and oxygen atoms in total. The molecule has 2 N–H and O–H groups in total. The smallest absolute Gasteiger partial charge is 0.122 e. The lowest BCUT2D eigenvalue weighted by molar-refractivity contribution is 0.409. The van der Waals surface area contributed by atoms with Gasteiger partial charge in [0.25, 0.3) is 0 Å². The third-order valence-electron chi connectivity index (χ3n) is 2.89. The van der Waals surface area contributed by atoms with Gasteiger partial charge in [-0.25, -0.2) is 0 Å². The molecule has 1 unspecified atom stereocenters. The van der Waals surface area contributed by atoms with Crippen LogP contribution in [0.25, 0.3) is 0 Å². The number of hydrogen-bond acceptors (Lipinski definition) is 2. The fraction of sp³-hybridized carbons (Fsp3) is 0.571. The highest BCUT2D eigenvalue weighted by atomic mass is 35.5. The molecule has 0 aliphatic heterocycles. The Labute approximate surface area is 111 Å². The Kier molecular flexibility index (Phi) is 8.01. The van der Waals surface area contributed by atoms with Crippen LogP contribution in [0.15, 0.2) is 18.2 Å². The summed E-state index contributed by atoms with van der Waals surface area (Å²) in [5, 5.41) is 0. The van der Waals surface area contributed by atoms with Gasteiger partial charge in [0.1, 0.15) is 5.75 Å². The molecule has 0 heterocycles. The van der Waals surface area contributed by atoms with Crippen molar-refractivity contribution in [2.75, 3.05) is 7.11 Å². The maximum atomic E-state index is 5.97. The molecule has 1 aromatic rings. The molecule has 0 saturated heterocycles. The van der Waals surface area contributed by atoms with Crippen LogP contribution < -0.4 is 10.5 Å². The van der Waals surface area contributed by atoms with Gasteiger partial charge in [-0.05, 0) is 36.5 Å². The molecule has 0 saturated carbocycles. The fourth-order valence-electron chi connectivity index (χ4n) is 1.87. The van der Waals surface area contributed by atoms with Crippen LogP contribution in [0, 0.1) is 0 Å². The summed E-state index contributed by atoms with van der Waals surface area (Å²) in [6.07, 6.45) is 4.18. The molecule has 0 aliphatic carbocycles. The molecule has 0 fully saturated rings. The summed E-state index contributed by atoms with van der Waals surface area (Å²) in [5.74, 6) is 0.996. The molecule has 1 rings (SSSR count). The molecule has 17 heavy (non-hydrogen) atoms. The summed E-state index contributed by atoms with van der Waals surface area (Å²) >= 11 is 0. The maximum Gasteiger partial charge on any atom is 0.122 e. The third-order valence-corrected chi connectivity index (χ3v) is 2.89. The van der Waals surface area contributed by atoms with Crippen molar-refractivity contribution in [3.05, 3.63) is 29.3 Å². The quantitative estimate of drug-likeness (QED) is 0.848. The van der Waals surface area contributed by atoms with Crippen molar-refractivity contribution < 1.29 is 4.74 Å². The Hall–Kier alpha value is -0.730. The second-order valence-electron chi connectivity index (χ2n) is 4.27. The summed E-state index contributed by atoms with van der Waals surface area (Å²) in [5.41, 5.74) is 8.58. The van der Waals surface area contributed by atoms with Crippen molar-refractivity contribution >= 4 is 12.4 Å². The van der Waals surface area contributed by atoms with Crippen molar-refractivity contribution in [3.63, 3.8) is 0 Å². The average Bonchev–Trinajstić information content (AvgIpc) is 2.30. The molecule has 0 bridgehead atoms. The number of hydrogen-bond donors (Lipinski definition) is 1. The van der Waals surface area contributed by atoms with Crippen molar-refractivity contribution in [1.82, 2.24) is 0 Å². The second kappa shape index (κ2) is 8.37. The normalized spacial score (nSPS) is 11.8. The highest BCUT2D eigenvalue weighted by Crippen LogP contribution is 2.22. The highest BCUT2D eigenvalue weighted by Gasteiger charge is 2.06. The van der Waals surface area contributed by atoms with Crippen LogP contribution in [0.1, 0.15) is 37.8 Å². The summed E-state index contributed by atoms with van der Waals surface area (Å²) in [6, 6.07) is 6.68. The van der Waals surface area contributed by atoms with E-state index in [9.17, 15) is 0 Å². The molecule has 98 valence electrons. The zero-order chi connectivity index (χ0) is 12.0. The highest BCUT2D eigenvalue weighted by molar-refractivity contribution is 5.85. The molecule has 0 amide bonds. The van der Waals surface area contributed by atoms with E-state index in [1.165, 1.54) is 11.1 Å². The van der Waals surface area contributed by atoms with Crippen molar-refractivity contribution in [1.29, 1.82) is 0 Å². The predicted octanol–water partition coefficient (Wildman–Crippen LogP) is 3.35. The van der Waals surface area contributed by atoms with Gasteiger partial charge in [0.05, 0.1) is 7.11 Å². The largest absolute Gasteiger partial charge is 0.496 e. The van der Waals surface area contributed by atoms with Crippen LogP contribution in [0.5, 0.6) is 5.75 Å². The maximum absolute atomic E-state index is 5.97. The lowest BCUT2D eigenvalue weighted by atomic mass is 10.00. The molecule has 1 atom stereocenters. The average molecular weight is 258 g/mol. The first kappa shape index (κ1) is 16.3. The summed E-state index contributed by atoms with van der Waals surface area (Å²) < 4.78 is 5.35. The number of halogens is 1. The molecular weight excluding hydrogens is 234 g/mol. The van der Waals surface area contributed by atoms with Gasteiger partial charge in [0.15, 0.2) is 0 Å². The van der Waals surface area contributed by atoms with E-state index in [0.29, 0.717) is 0 Å². The van der Waals surface area contributed by atoms with E-state index in [4.69, 9.17) is 10.5 Å². The Bertz CT molecular complexity index is 328. The standard InChI is InChI=1S/C14H23NO.ClH/c1-4-6-12-9-11(10-13(15)5-2)7-8-14(12)16-3;/h7-9,13H,4-6,10,15H2,1-3H3;1H. The van der Waals surface area contributed by atoms with Crippen LogP contribution in [-0.4, -0.2) is 13.2 Å². The Morgan fingerprint density at radius 1 is 1.29 bits per heavy atom. The Morgan fingerprint density at radius 3 is 2.53 bits per heavy atom. The molecule has 1 aromatic carbocycles. The third kappa shape index (κ3) is 4.97. The first-order valence-corrected chi connectivity index (χ1v) is 6.12. The van der Waals surface area contributed by atoms with Crippen molar-refractivity contribution in [2.45, 2.75) is 45.6 Å². The molecular formula is C14H24ClNO. The molecule has 0 spiro atoms. The fourth-order valence-corrected chi connectivity index (χ4v) is 1.87. The monoisotopic (exact) mass is 257 g/mol. The number of rotatable bonds is 6. The topological polar surface area (TPSA) is 35.2 Å². The number of methoxy groups -OCH3 is 1. The summed E-state index contributed by atoms with van der Waals surface area (Å²) in [6.45, 7) is 4.31. The van der Waals surface area contributed by atoms with Gasteiger partial charge in [0.2, 0.25) is 0 Å². The van der Waals surface area contributed by atoms with Crippen molar-refractivity contribution in [2.24, 2.45) is 5.73 Å². The number of aryl methyl sites for hydroxylation is 1. The van der Waals surface area contributed by atoms with Gasteiger partial charge in [-0.2, -0.15) is 0 Å². The van der Waals surface area contributed by atoms with Crippen LogP contribution in [0.4, 0.5) is 0 Å². The molecule has 0 radical (unpaired) electrons. The minimum Gasteiger partial charge on any atom is -0.496 e. The Balaban J connectivity index is 0.00000256. The SMILES string of the molecule is CCCc1cc(CC(N)CC)ccc1OC.Cl. The minimum absolute atomic E-state index is 0. The first-order valence-electron chi connectivity index (χ1n) is 6.12. The van der Waals surface area contributed by atoms with Crippen LogP contribution in [-0.2, 0) is 12.8 Å². The zero-order valence-corrected chi connectivity index (χ0v) is 11.8. The van der Waals surface area contributed by atoms with E-state index in [-0.39, 0.29) is 18.4 Å². The first-order chi connectivity index (χ1) is 7.71. The number of benzene rings is 1. The number of ether oxygens (including phenoxy) is 1. The zero-order valence-electron chi connectivity index (χ0n) is 11.0. The van der Waals surface area contributed by atoms with Crippen LogP contribution >= 0.6 is 12.4 Å². The van der Waals surface area contributed by atoms with E-state index in [0.717, 1.165) is 31.4 Å². The lowest BCUT2D eigenvalue weighted by Crippen LogP contribution is -2.21. The van der Waals surface area contributed by atoms with Crippen LogP contribution in [0.3, 0.4) is 0 Å². The van der Waals surface area contributed by atoms with E-state index >= 15 is 0 Å².